The van der Waals surface area contributed by atoms with E-state index >= 15 is 0 Å². The van der Waals surface area contributed by atoms with E-state index in [1.54, 1.807) is 0 Å². The van der Waals surface area contributed by atoms with Crippen LogP contribution in [-0.4, -0.2) is 36.0 Å². The lowest BCUT2D eigenvalue weighted by Crippen LogP contribution is -2.45. The van der Waals surface area contributed by atoms with E-state index in [9.17, 15) is 9.59 Å². The molecule has 0 saturated heterocycles. The Morgan fingerprint density at radius 3 is 1.58 bits per heavy atom. The summed E-state index contributed by atoms with van der Waals surface area (Å²) < 4.78 is 12.8. The van der Waals surface area contributed by atoms with Gasteiger partial charge < -0.3 is 9.47 Å². The molecule has 38 heavy (non-hydrogen) atoms. The minimum atomic E-state index is -0.205. The van der Waals surface area contributed by atoms with E-state index < -0.39 is 0 Å². The molecule has 0 aliphatic heterocycles. The summed E-state index contributed by atoms with van der Waals surface area (Å²) >= 11 is 0. The number of carbonyl (C=O) groups is 2. The van der Waals surface area contributed by atoms with Gasteiger partial charge in [-0.15, -0.1) is 0 Å². The molecule has 4 heteroatoms. The largest absolute Gasteiger partial charge is 0.367 e. The van der Waals surface area contributed by atoms with Gasteiger partial charge in [0.15, 0.2) is 11.6 Å². The molecule has 6 rings (SSSR count). The fourth-order valence-electron chi connectivity index (χ4n) is 8.40. The molecule has 0 amide bonds. The van der Waals surface area contributed by atoms with Crippen molar-refractivity contribution in [2.24, 2.45) is 23.7 Å². The molecule has 4 nitrogen and oxygen atoms in total. The summed E-state index contributed by atoms with van der Waals surface area (Å²) in [5.74, 6) is 2.81. The topological polar surface area (TPSA) is 52.6 Å². The number of fused-ring (bicyclic) bond motifs is 5. The molecule has 0 heterocycles. The molecule has 4 saturated carbocycles. The average Bonchev–Trinajstić information content (AvgIpc) is 2.95. The highest BCUT2D eigenvalue weighted by Crippen LogP contribution is 2.48. The number of Topliss-reactive ketones (excluding diaryl/α,β-unsaturated/α-hetero) is 2. The van der Waals surface area contributed by atoms with Crippen LogP contribution in [0.3, 0.4) is 0 Å². The Bertz CT molecular complexity index is 1110. The maximum Gasteiger partial charge on any atom is 0.189 e. The third-order valence-electron chi connectivity index (χ3n) is 11.0. The van der Waals surface area contributed by atoms with Gasteiger partial charge >= 0.3 is 0 Å². The predicted octanol–water partition coefficient (Wildman–Crippen LogP) is 7.96. The van der Waals surface area contributed by atoms with Gasteiger partial charge in [0.1, 0.15) is 13.2 Å². The van der Waals surface area contributed by atoms with Gasteiger partial charge in [-0.25, -0.2) is 0 Å². The molecule has 4 fully saturated rings. The molecular formula is C34H44O4. The number of ketones is 2. The molecule has 4 aliphatic rings. The van der Waals surface area contributed by atoms with Crippen molar-refractivity contribution in [1.29, 1.82) is 0 Å². The van der Waals surface area contributed by atoms with Crippen LogP contribution in [0.2, 0.25) is 0 Å². The van der Waals surface area contributed by atoms with Crippen molar-refractivity contribution in [3.05, 3.63) is 47.5 Å². The second-order valence-corrected chi connectivity index (χ2v) is 13.3. The van der Waals surface area contributed by atoms with Crippen LogP contribution >= 0.6 is 0 Å². The molecule has 0 spiro atoms. The van der Waals surface area contributed by atoms with Gasteiger partial charge in [-0.05, 0) is 99.7 Å². The van der Waals surface area contributed by atoms with E-state index in [1.165, 1.54) is 64.2 Å². The summed E-state index contributed by atoms with van der Waals surface area (Å²) in [5, 5.41) is 1.66. The first-order chi connectivity index (χ1) is 18.3. The molecular weight excluding hydrogens is 472 g/mol. The number of benzene rings is 2. The summed E-state index contributed by atoms with van der Waals surface area (Å²) in [6.45, 7) is 4.62. The highest BCUT2D eigenvalue weighted by Gasteiger charge is 2.44. The summed E-state index contributed by atoms with van der Waals surface area (Å²) in [5.41, 5.74) is 0.879. The maximum absolute atomic E-state index is 13.4. The SMILES string of the molecule is C[C@]1(OCC(=O)c2cccc3c(C(=O)CO[C@@]4(C)CC[C@H]5CCC[C@@H]4C5)cccc23)CC[C@H]2CCC[C@@H]1C2. The Morgan fingerprint density at radius 2 is 1.13 bits per heavy atom. The summed E-state index contributed by atoms with van der Waals surface area (Å²) in [6.07, 6.45) is 14.7. The van der Waals surface area contributed by atoms with Crippen molar-refractivity contribution >= 4 is 22.3 Å². The molecule has 2 aromatic carbocycles. The summed E-state index contributed by atoms with van der Waals surface area (Å²) in [6, 6.07) is 11.5. The van der Waals surface area contributed by atoms with Crippen LogP contribution < -0.4 is 0 Å². The molecule has 0 unspecified atom stereocenters. The van der Waals surface area contributed by atoms with E-state index in [2.05, 4.69) is 13.8 Å². The Balaban J connectivity index is 1.15. The second kappa shape index (κ2) is 10.5. The fraction of sp³-hybridized carbons (Fsp3) is 0.647. The standard InChI is InChI=1S/C34H44O4/c1-33(17-15-23-7-3-9-25(33)19-23)37-21-31(35)29-13-5-12-28-27(29)11-6-14-30(28)32(36)22-38-34(2)18-16-24-8-4-10-26(34)20-24/h5-6,11-14,23-26H,3-4,7-10,15-22H2,1-2H3/t23-,24-,25-,26-,33+,34+/m1/s1. The van der Waals surface area contributed by atoms with Gasteiger partial charge in [0, 0.05) is 11.1 Å². The molecule has 2 aromatic rings. The van der Waals surface area contributed by atoms with Gasteiger partial charge in [0.25, 0.3) is 0 Å². The highest BCUT2D eigenvalue weighted by atomic mass is 16.5. The number of ether oxygens (including phenoxy) is 2. The monoisotopic (exact) mass is 516 g/mol. The molecule has 0 aromatic heterocycles. The average molecular weight is 517 g/mol. The first-order valence-electron chi connectivity index (χ1n) is 15.2. The van der Waals surface area contributed by atoms with Crippen LogP contribution in [0, 0.1) is 23.7 Å². The van der Waals surface area contributed by atoms with E-state index in [-0.39, 0.29) is 36.0 Å². The van der Waals surface area contributed by atoms with Crippen molar-refractivity contribution in [3.8, 4) is 0 Å². The molecule has 4 bridgehead atoms. The lowest BCUT2D eigenvalue weighted by molar-refractivity contribution is -0.108. The number of rotatable bonds is 8. The third kappa shape index (κ3) is 4.99. The smallest absolute Gasteiger partial charge is 0.189 e. The lowest BCUT2D eigenvalue weighted by Gasteiger charge is -2.47. The molecule has 204 valence electrons. The van der Waals surface area contributed by atoms with Crippen LogP contribution in [0.1, 0.15) is 112 Å². The van der Waals surface area contributed by atoms with E-state index in [0.717, 1.165) is 35.4 Å². The zero-order valence-electron chi connectivity index (χ0n) is 23.3. The van der Waals surface area contributed by atoms with Gasteiger partial charge in [-0.1, -0.05) is 62.1 Å². The number of hydrogen-bond acceptors (Lipinski definition) is 4. The quantitative estimate of drug-likeness (QED) is 0.334. The third-order valence-corrected chi connectivity index (χ3v) is 11.0. The van der Waals surface area contributed by atoms with Crippen molar-refractivity contribution in [3.63, 3.8) is 0 Å². The van der Waals surface area contributed by atoms with Crippen molar-refractivity contribution in [2.45, 2.75) is 102 Å². The van der Waals surface area contributed by atoms with Crippen molar-refractivity contribution < 1.29 is 19.1 Å². The van der Waals surface area contributed by atoms with E-state index in [4.69, 9.17) is 9.47 Å². The lowest BCUT2D eigenvalue weighted by atomic mass is 9.65. The minimum Gasteiger partial charge on any atom is -0.367 e. The Hall–Kier alpha value is -2.04. The van der Waals surface area contributed by atoms with Crippen LogP contribution in [0.25, 0.3) is 10.8 Å². The van der Waals surface area contributed by atoms with Crippen LogP contribution in [-0.2, 0) is 9.47 Å². The Labute approximate surface area is 227 Å². The van der Waals surface area contributed by atoms with Gasteiger partial charge in [0.05, 0.1) is 11.2 Å². The van der Waals surface area contributed by atoms with Gasteiger partial charge in [-0.3, -0.25) is 9.59 Å². The first kappa shape index (κ1) is 26.2. The summed E-state index contributed by atoms with van der Waals surface area (Å²) in [7, 11) is 0. The molecule has 0 N–H and O–H groups in total. The van der Waals surface area contributed by atoms with Crippen molar-refractivity contribution in [1.82, 2.24) is 0 Å². The molecule has 0 radical (unpaired) electrons. The molecule has 4 aliphatic carbocycles. The number of carbonyl (C=O) groups excluding carboxylic acids is 2. The Kier molecular flexibility index (Phi) is 7.24. The van der Waals surface area contributed by atoms with E-state index in [1.807, 2.05) is 36.4 Å². The first-order valence-corrected chi connectivity index (χ1v) is 15.2. The minimum absolute atomic E-state index is 0.00261. The van der Waals surface area contributed by atoms with E-state index in [0.29, 0.717) is 23.0 Å². The van der Waals surface area contributed by atoms with Crippen molar-refractivity contribution in [2.75, 3.05) is 13.2 Å². The highest BCUT2D eigenvalue weighted by molar-refractivity contribution is 6.15. The summed E-state index contributed by atoms with van der Waals surface area (Å²) in [4.78, 5) is 26.9. The number of hydrogen-bond donors (Lipinski definition) is 0. The van der Waals surface area contributed by atoms with Gasteiger partial charge in [-0.2, -0.15) is 0 Å². The zero-order valence-corrected chi connectivity index (χ0v) is 23.3. The van der Waals surface area contributed by atoms with Gasteiger partial charge in [0.2, 0.25) is 0 Å². The second-order valence-electron chi connectivity index (χ2n) is 13.3. The Morgan fingerprint density at radius 1 is 0.684 bits per heavy atom. The van der Waals surface area contributed by atoms with Crippen LogP contribution in [0.15, 0.2) is 36.4 Å². The predicted molar refractivity (Wildman–Crippen MR) is 151 cm³/mol. The maximum atomic E-state index is 13.4. The zero-order chi connectivity index (χ0) is 26.3. The normalized spacial score (nSPS) is 34.7. The van der Waals surface area contributed by atoms with Crippen LogP contribution in [0.5, 0.6) is 0 Å². The van der Waals surface area contributed by atoms with Crippen LogP contribution in [0.4, 0.5) is 0 Å². The fourth-order valence-corrected chi connectivity index (χ4v) is 8.40. The molecule has 6 atom stereocenters.